The van der Waals surface area contributed by atoms with E-state index < -0.39 is 0 Å². The van der Waals surface area contributed by atoms with Crippen LogP contribution in [0.5, 0.6) is 17.2 Å². The van der Waals surface area contributed by atoms with Crippen molar-refractivity contribution in [2.24, 2.45) is 0 Å². The van der Waals surface area contributed by atoms with Gasteiger partial charge in [0.1, 0.15) is 17.2 Å². The van der Waals surface area contributed by atoms with E-state index >= 15 is 0 Å². The zero-order valence-corrected chi connectivity index (χ0v) is 17.5. The summed E-state index contributed by atoms with van der Waals surface area (Å²) in [6, 6.07) is 14.5. The van der Waals surface area contributed by atoms with Crippen molar-refractivity contribution >= 4 is 29.2 Å². The molecular formula is C24H20O5S. The van der Waals surface area contributed by atoms with Crippen molar-refractivity contribution in [1.29, 1.82) is 0 Å². The van der Waals surface area contributed by atoms with E-state index in [0.717, 1.165) is 10.4 Å². The first-order valence-corrected chi connectivity index (χ1v) is 10.5. The van der Waals surface area contributed by atoms with Crippen LogP contribution in [0, 0.1) is 6.92 Å². The molecule has 0 radical (unpaired) electrons. The van der Waals surface area contributed by atoms with Crippen molar-refractivity contribution in [3.05, 3.63) is 81.2 Å². The Kier molecular flexibility index (Phi) is 5.68. The van der Waals surface area contributed by atoms with Gasteiger partial charge in [-0.25, -0.2) is 0 Å². The second kappa shape index (κ2) is 8.55. The summed E-state index contributed by atoms with van der Waals surface area (Å²) in [6.07, 6.45) is 1.88. The minimum atomic E-state index is -0.355. The zero-order chi connectivity index (χ0) is 21.1. The third-order valence-corrected chi connectivity index (χ3v) is 5.54. The van der Waals surface area contributed by atoms with Gasteiger partial charge >= 0.3 is 5.97 Å². The normalized spacial score (nSPS) is 13.8. The SMILES string of the molecule is CCOc1ccccc1/C=C1\Oc2c(ccc(OC(=O)Cc3cccs3)c2C)C1=O. The molecule has 0 fully saturated rings. The van der Waals surface area contributed by atoms with E-state index in [1.807, 2.05) is 48.7 Å². The molecule has 1 aliphatic heterocycles. The average Bonchev–Trinajstić information content (AvgIpc) is 3.35. The van der Waals surface area contributed by atoms with Crippen molar-refractivity contribution < 1.29 is 23.8 Å². The number of allylic oxidation sites excluding steroid dienone is 1. The summed E-state index contributed by atoms with van der Waals surface area (Å²) in [4.78, 5) is 26.0. The Morgan fingerprint density at radius 1 is 1.10 bits per heavy atom. The molecule has 4 rings (SSSR count). The third-order valence-electron chi connectivity index (χ3n) is 4.66. The second-order valence-corrected chi connectivity index (χ2v) is 7.74. The van der Waals surface area contributed by atoms with Gasteiger partial charge in [-0.05, 0) is 49.6 Å². The molecule has 0 saturated carbocycles. The lowest BCUT2D eigenvalue weighted by molar-refractivity contribution is -0.133. The van der Waals surface area contributed by atoms with Crippen LogP contribution in [-0.4, -0.2) is 18.4 Å². The van der Waals surface area contributed by atoms with Gasteiger partial charge in [-0.1, -0.05) is 24.3 Å². The van der Waals surface area contributed by atoms with Gasteiger partial charge in [0, 0.05) is 16.0 Å². The minimum absolute atomic E-state index is 0.202. The van der Waals surface area contributed by atoms with Crippen molar-refractivity contribution in [3.63, 3.8) is 0 Å². The monoisotopic (exact) mass is 420 g/mol. The van der Waals surface area contributed by atoms with Gasteiger partial charge in [0.2, 0.25) is 5.78 Å². The number of fused-ring (bicyclic) bond motifs is 1. The number of benzene rings is 2. The van der Waals surface area contributed by atoms with Gasteiger partial charge in [0.15, 0.2) is 5.76 Å². The third kappa shape index (κ3) is 4.00. The average molecular weight is 420 g/mol. The molecule has 0 bridgehead atoms. The Balaban J connectivity index is 1.58. The fourth-order valence-electron chi connectivity index (χ4n) is 3.22. The number of ketones is 1. The van der Waals surface area contributed by atoms with Crippen molar-refractivity contribution in [2.75, 3.05) is 6.61 Å². The highest BCUT2D eigenvalue weighted by Crippen LogP contribution is 2.39. The van der Waals surface area contributed by atoms with Crippen molar-refractivity contribution in [3.8, 4) is 17.2 Å². The zero-order valence-electron chi connectivity index (χ0n) is 16.6. The van der Waals surface area contributed by atoms with Gasteiger partial charge in [0.05, 0.1) is 18.6 Å². The van der Waals surface area contributed by atoms with Gasteiger partial charge in [-0.2, -0.15) is 0 Å². The van der Waals surface area contributed by atoms with Crippen LogP contribution in [0.15, 0.2) is 59.7 Å². The van der Waals surface area contributed by atoms with Crippen LogP contribution >= 0.6 is 11.3 Å². The van der Waals surface area contributed by atoms with Gasteiger partial charge in [-0.3, -0.25) is 9.59 Å². The number of carbonyl (C=O) groups is 2. The van der Waals surface area contributed by atoms with Crippen LogP contribution in [0.1, 0.15) is 33.3 Å². The van der Waals surface area contributed by atoms with Crippen LogP contribution in [0.2, 0.25) is 0 Å². The number of rotatable bonds is 6. The first kappa shape index (κ1) is 19.9. The van der Waals surface area contributed by atoms with E-state index in [9.17, 15) is 9.59 Å². The fourth-order valence-corrected chi connectivity index (χ4v) is 3.91. The lowest BCUT2D eigenvalue weighted by Crippen LogP contribution is -2.11. The highest BCUT2D eigenvalue weighted by atomic mass is 32.1. The predicted octanol–water partition coefficient (Wildman–Crippen LogP) is 5.22. The largest absolute Gasteiger partial charge is 0.493 e. The Morgan fingerprint density at radius 3 is 2.70 bits per heavy atom. The molecule has 0 atom stereocenters. The predicted molar refractivity (Wildman–Crippen MR) is 115 cm³/mol. The van der Waals surface area contributed by atoms with E-state index in [2.05, 4.69) is 0 Å². The number of hydrogen-bond donors (Lipinski definition) is 0. The smallest absolute Gasteiger partial charge is 0.316 e. The maximum Gasteiger partial charge on any atom is 0.316 e. The summed E-state index contributed by atoms with van der Waals surface area (Å²) in [6.45, 7) is 4.20. The summed E-state index contributed by atoms with van der Waals surface area (Å²) < 4.78 is 17.0. The Morgan fingerprint density at radius 2 is 1.93 bits per heavy atom. The molecule has 2 aromatic carbocycles. The molecule has 30 heavy (non-hydrogen) atoms. The number of ether oxygens (including phenoxy) is 3. The Labute approximate surface area is 178 Å². The number of carbonyl (C=O) groups excluding carboxylic acids is 2. The van der Waals surface area contributed by atoms with Crippen LogP contribution in [0.3, 0.4) is 0 Å². The fraction of sp³-hybridized carbons (Fsp3) is 0.167. The van der Waals surface area contributed by atoms with Crippen LogP contribution in [0.4, 0.5) is 0 Å². The van der Waals surface area contributed by atoms with E-state index in [0.29, 0.717) is 35.0 Å². The molecular weight excluding hydrogens is 400 g/mol. The van der Waals surface area contributed by atoms with Crippen molar-refractivity contribution in [1.82, 2.24) is 0 Å². The number of esters is 1. The standard InChI is InChI=1S/C24H20O5S/c1-3-27-20-9-5-4-7-16(20)13-21-23(26)18-10-11-19(15(2)24(18)29-21)28-22(25)14-17-8-6-12-30-17/h4-13H,3,14H2,1-2H3/b21-13-. The highest BCUT2D eigenvalue weighted by Gasteiger charge is 2.30. The molecule has 3 aromatic rings. The lowest BCUT2D eigenvalue weighted by atomic mass is 10.1. The van der Waals surface area contributed by atoms with E-state index in [-0.39, 0.29) is 23.9 Å². The summed E-state index contributed by atoms with van der Waals surface area (Å²) in [5, 5.41) is 1.92. The number of thiophene rings is 1. The molecule has 152 valence electrons. The van der Waals surface area contributed by atoms with Gasteiger partial charge < -0.3 is 14.2 Å². The minimum Gasteiger partial charge on any atom is -0.493 e. The summed E-state index contributed by atoms with van der Waals surface area (Å²) in [5.74, 6) is 1.13. The van der Waals surface area contributed by atoms with E-state index in [1.165, 1.54) is 11.3 Å². The maximum atomic E-state index is 12.8. The molecule has 0 amide bonds. The lowest BCUT2D eigenvalue weighted by Gasteiger charge is -2.10. The topological polar surface area (TPSA) is 61.8 Å². The molecule has 0 saturated heterocycles. The molecule has 0 unspecified atom stereocenters. The van der Waals surface area contributed by atoms with Crippen molar-refractivity contribution in [2.45, 2.75) is 20.3 Å². The first-order chi connectivity index (χ1) is 14.6. The number of hydrogen-bond acceptors (Lipinski definition) is 6. The van der Waals surface area contributed by atoms with E-state index in [4.69, 9.17) is 14.2 Å². The quantitative estimate of drug-likeness (QED) is 0.311. The molecule has 1 aromatic heterocycles. The van der Waals surface area contributed by atoms with Crippen LogP contribution < -0.4 is 14.2 Å². The highest BCUT2D eigenvalue weighted by molar-refractivity contribution is 7.10. The molecule has 0 spiro atoms. The second-order valence-electron chi connectivity index (χ2n) is 6.71. The Hall–Kier alpha value is -3.38. The maximum absolute atomic E-state index is 12.8. The summed E-state index contributed by atoms with van der Waals surface area (Å²) in [5.41, 5.74) is 1.82. The number of para-hydroxylation sites is 1. The molecule has 0 aliphatic carbocycles. The number of Topliss-reactive ketones (excluding diaryl/α,β-unsaturated/α-hetero) is 1. The summed E-state index contributed by atoms with van der Waals surface area (Å²) in [7, 11) is 0. The Bertz CT molecular complexity index is 1130. The van der Waals surface area contributed by atoms with Crippen LogP contribution in [-0.2, 0) is 11.2 Å². The first-order valence-electron chi connectivity index (χ1n) is 9.59. The molecule has 1 aliphatic rings. The van der Waals surface area contributed by atoms with E-state index in [1.54, 1.807) is 25.1 Å². The molecule has 2 heterocycles. The van der Waals surface area contributed by atoms with Gasteiger partial charge in [-0.15, -0.1) is 11.3 Å². The van der Waals surface area contributed by atoms with Gasteiger partial charge in [0.25, 0.3) is 0 Å². The van der Waals surface area contributed by atoms with Crippen LogP contribution in [0.25, 0.3) is 6.08 Å². The molecule has 6 heteroatoms. The molecule has 5 nitrogen and oxygen atoms in total. The molecule has 0 N–H and O–H groups in total. The summed E-state index contributed by atoms with van der Waals surface area (Å²) >= 11 is 1.50.